The number of aromatic hydroxyl groups is 1. The van der Waals surface area contributed by atoms with Crippen LogP contribution in [-0.4, -0.2) is 23.4 Å². The van der Waals surface area contributed by atoms with Gasteiger partial charge in [0.1, 0.15) is 11.5 Å². The molecule has 0 spiro atoms. The molecular formula is C15H12F3N3O4. The predicted molar refractivity (Wildman–Crippen MR) is 84.0 cm³/mol. The van der Waals surface area contributed by atoms with E-state index in [1.54, 1.807) is 0 Å². The number of methoxy groups -OCH3 is 1. The van der Waals surface area contributed by atoms with E-state index in [1.165, 1.54) is 25.3 Å². The Balaban J connectivity index is 2.30. The van der Waals surface area contributed by atoms with Crippen LogP contribution in [-0.2, 0) is 6.18 Å². The van der Waals surface area contributed by atoms with Gasteiger partial charge in [-0.15, -0.1) is 0 Å². The Kier molecular flexibility index (Phi) is 5.11. The average molecular weight is 355 g/mol. The molecule has 0 radical (unpaired) electrons. The molecule has 0 saturated heterocycles. The first-order chi connectivity index (χ1) is 11.7. The number of phenols is 1. The van der Waals surface area contributed by atoms with Crippen LogP contribution >= 0.6 is 0 Å². The van der Waals surface area contributed by atoms with Gasteiger partial charge in [-0.05, 0) is 24.3 Å². The van der Waals surface area contributed by atoms with Gasteiger partial charge in [-0.3, -0.25) is 15.5 Å². The molecule has 10 heteroatoms. The second kappa shape index (κ2) is 7.07. The third-order valence-electron chi connectivity index (χ3n) is 3.14. The topological polar surface area (TPSA) is 97.0 Å². The number of nitro groups is 1. The van der Waals surface area contributed by atoms with Crippen molar-refractivity contribution in [3.63, 3.8) is 0 Å². The highest BCUT2D eigenvalue weighted by Gasteiger charge is 2.35. The number of hydrogen-bond acceptors (Lipinski definition) is 6. The lowest BCUT2D eigenvalue weighted by Crippen LogP contribution is -2.09. The molecule has 2 aromatic carbocycles. The molecule has 0 atom stereocenters. The molecule has 7 nitrogen and oxygen atoms in total. The Hall–Kier alpha value is -3.30. The highest BCUT2D eigenvalue weighted by molar-refractivity contribution is 5.84. The molecule has 0 aliphatic rings. The number of alkyl halides is 3. The molecule has 2 rings (SSSR count). The molecule has 25 heavy (non-hydrogen) atoms. The summed E-state index contributed by atoms with van der Waals surface area (Å²) in [7, 11) is 1.41. The van der Waals surface area contributed by atoms with Gasteiger partial charge in [0.15, 0.2) is 0 Å². The van der Waals surface area contributed by atoms with Gasteiger partial charge < -0.3 is 9.84 Å². The first-order valence-electron chi connectivity index (χ1n) is 6.74. The molecular weight excluding hydrogens is 343 g/mol. The van der Waals surface area contributed by atoms with Crippen molar-refractivity contribution in [1.29, 1.82) is 0 Å². The maximum Gasteiger partial charge on any atom is 0.418 e. The van der Waals surface area contributed by atoms with E-state index in [1.807, 2.05) is 0 Å². The Morgan fingerprint density at radius 1 is 1.28 bits per heavy atom. The van der Waals surface area contributed by atoms with Gasteiger partial charge in [0.25, 0.3) is 5.69 Å². The smallest absolute Gasteiger partial charge is 0.418 e. The standard InChI is InChI=1S/C15H12F3N3O4/c1-25-11-3-5-14(22)9(6-11)8-19-20-13-4-2-10(21(23)24)7-12(13)15(16,17)18/h2-8,20,22H,1H3/b19-8+. The fraction of sp³-hybridized carbons (Fsp3) is 0.133. The van der Waals surface area contributed by atoms with Crippen LogP contribution in [0, 0.1) is 10.1 Å². The summed E-state index contributed by atoms with van der Waals surface area (Å²) in [6, 6.07) is 6.52. The van der Waals surface area contributed by atoms with E-state index in [0.717, 1.165) is 18.3 Å². The van der Waals surface area contributed by atoms with E-state index >= 15 is 0 Å². The monoisotopic (exact) mass is 355 g/mol. The van der Waals surface area contributed by atoms with E-state index in [2.05, 4.69) is 10.5 Å². The number of benzene rings is 2. The van der Waals surface area contributed by atoms with E-state index in [9.17, 15) is 28.4 Å². The maximum atomic E-state index is 13.0. The second-order valence-electron chi connectivity index (χ2n) is 4.78. The number of non-ortho nitro benzene ring substituents is 1. The minimum Gasteiger partial charge on any atom is -0.507 e. The van der Waals surface area contributed by atoms with Gasteiger partial charge in [0.2, 0.25) is 0 Å². The lowest BCUT2D eigenvalue weighted by atomic mass is 10.1. The van der Waals surface area contributed by atoms with E-state index in [0.29, 0.717) is 11.8 Å². The number of nitrogens with one attached hydrogen (secondary N) is 1. The van der Waals surface area contributed by atoms with Crippen molar-refractivity contribution < 1.29 is 27.9 Å². The highest BCUT2D eigenvalue weighted by atomic mass is 19.4. The van der Waals surface area contributed by atoms with Crippen LogP contribution in [0.15, 0.2) is 41.5 Å². The minimum absolute atomic E-state index is 0.147. The number of hydrogen-bond donors (Lipinski definition) is 2. The van der Waals surface area contributed by atoms with E-state index in [-0.39, 0.29) is 11.3 Å². The number of phenolic OH excluding ortho intramolecular Hbond substituents is 1. The van der Waals surface area contributed by atoms with Gasteiger partial charge in [0, 0.05) is 17.7 Å². The van der Waals surface area contributed by atoms with Crippen LogP contribution in [0.5, 0.6) is 11.5 Å². The number of ether oxygens (including phenoxy) is 1. The molecule has 2 N–H and O–H groups in total. The van der Waals surface area contributed by atoms with Crippen LogP contribution in [0.1, 0.15) is 11.1 Å². The number of nitro benzene ring substituents is 1. The fourth-order valence-electron chi connectivity index (χ4n) is 1.91. The van der Waals surface area contributed by atoms with Crippen LogP contribution < -0.4 is 10.2 Å². The molecule has 0 unspecified atom stereocenters. The highest BCUT2D eigenvalue weighted by Crippen LogP contribution is 2.37. The molecule has 0 fully saturated rings. The normalized spacial score (nSPS) is 11.5. The molecule has 0 saturated carbocycles. The summed E-state index contributed by atoms with van der Waals surface area (Å²) in [5, 5.41) is 24.0. The second-order valence-corrected chi connectivity index (χ2v) is 4.78. The summed E-state index contributed by atoms with van der Waals surface area (Å²) in [5.41, 5.74) is 0.00744. The fourth-order valence-corrected chi connectivity index (χ4v) is 1.91. The van der Waals surface area contributed by atoms with Crippen molar-refractivity contribution in [1.82, 2.24) is 0 Å². The van der Waals surface area contributed by atoms with E-state index < -0.39 is 28.0 Å². The van der Waals surface area contributed by atoms with Crippen molar-refractivity contribution in [2.24, 2.45) is 5.10 Å². The molecule has 0 aliphatic heterocycles. The summed E-state index contributed by atoms with van der Waals surface area (Å²) in [6.45, 7) is 0. The Bertz CT molecular complexity index is 822. The van der Waals surface area contributed by atoms with Crippen molar-refractivity contribution in [2.45, 2.75) is 6.18 Å². The lowest BCUT2D eigenvalue weighted by Gasteiger charge is -2.11. The summed E-state index contributed by atoms with van der Waals surface area (Å²) in [6.07, 6.45) is -3.71. The van der Waals surface area contributed by atoms with Gasteiger partial charge in [0.05, 0.1) is 29.5 Å². The maximum absolute atomic E-state index is 13.0. The summed E-state index contributed by atoms with van der Waals surface area (Å²) >= 11 is 0. The molecule has 2 aromatic rings. The number of nitrogens with zero attached hydrogens (tertiary/aromatic N) is 2. The first-order valence-corrected chi connectivity index (χ1v) is 6.74. The summed E-state index contributed by atoms with van der Waals surface area (Å²) in [4.78, 5) is 9.72. The molecule has 132 valence electrons. The third kappa shape index (κ3) is 4.37. The molecule has 0 heterocycles. The number of hydrazone groups is 1. The molecule has 0 aromatic heterocycles. The van der Waals surface area contributed by atoms with Crippen LogP contribution in [0.4, 0.5) is 24.5 Å². The van der Waals surface area contributed by atoms with Crippen molar-refractivity contribution >= 4 is 17.6 Å². The Morgan fingerprint density at radius 3 is 2.60 bits per heavy atom. The van der Waals surface area contributed by atoms with Crippen LogP contribution in [0.3, 0.4) is 0 Å². The van der Waals surface area contributed by atoms with Crippen LogP contribution in [0.25, 0.3) is 0 Å². The average Bonchev–Trinajstić information content (AvgIpc) is 2.55. The number of anilines is 1. The zero-order chi connectivity index (χ0) is 18.6. The first kappa shape index (κ1) is 18.0. The summed E-state index contributed by atoms with van der Waals surface area (Å²) < 4.78 is 44.1. The zero-order valence-electron chi connectivity index (χ0n) is 12.7. The quantitative estimate of drug-likeness (QED) is 0.483. The van der Waals surface area contributed by atoms with Gasteiger partial charge in [-0.1, -0.05) is 0 Å². The number of rotatable bonds is 5. The van der Waals surface area contributed by atoms with Gasteiger partial charge >= 0.3 is 6.18 Å². The van der Waals surface area contributed by atoms with Crippen molar-refractivity contribution in [3.05, 3.63) is 57.6 Å². The zero-order valence-corrected chi connectivity index (χ0v) is 12.7. The predicted octanol–water partition coefficient (Wildman–Crippen LogP) is 3.77. The van der Waals surface area contributed by atoms with Crippen molar-refractivity contribution in [3.8, 4) is 11.5 Å². The van der Waals surface area contributed by atoms with Gasteiger partial charge in [-0.2, -0.15) is 18.3 Å². The van der Waals surface area contributed by atoms with Crippen LogP contribution in [0.2, 0.25) is 0 Å². The molecule has 0 bridgehead atoms. The number of halogens is 3. The minimum atomic E-state index is -4.80. The van der Waals surface area contributed by atoms with Crippen molar-refractivity contribution in [2.75, 3.05) is 12.5 Å². The Labute approximate surface area is 139 Å². The SMILES string of the molecule is COc1ccc(O)c(/C=N/Nc2ccc([N+](=O)[O-])cc2C(F)(F)F)c1. The Morgan fingerprint density at radius 2 is 2.00 bits per heavy atom. The molecule has 0 amide bonds. The summed E-state index contributed by atoms with van der Waals surface area (Å²) in [5.74, 6) is 0.275. The largest absolute Gasteiger partial charge is 0.507 e. The van der Waals surface area contributed by atoms with E-state index in [4.69, 9.17) is 4.74 Å². The third-order valence-corrected chi connectivity index (χ3v) is 3.14. The lowest BCUT2D eigenvalue weighted by molar-refractivity contribution is -0.385. The van der Waals surface area contributed by atoms with Gasteiger partial charge in [-0.25, -0.2) is 0 Å². The molecule has 0 aliphatic carbocycles.